The molecule has 0 atom stereocenters. The highest BCUT2D eigenvalue weighted by Gasteiger charge is 1.94. The Labute approximate surface area is 68.4 Å². The van der Waals surface area contributed by atoms with Crippen LogP contribution in [0.15, 0.2) is 18.2 Å². The summed E-state index contributed by atoms with van der Waals surface area (Å²) in [6.07, 6.45) is 1.06. The molecule has 0 amide bonds. The Balaban J connectivity index is 3.04. The topological polar surface area (TPSA) is 0 Å². The molecule has 0 fully saturated rings. The van der Waals surface area contributed by atoms with Crippen molar-refractivity contribution in [3.63, 3.8) is 0 Å². The van der Waals surface area contributed by atoms with Gasteiger partial charge in [0.15, 0.2) is 0 Å². The van der Waals surface area contributed by atoms with Crippen molar-refractivity contribution >= 4 is 32.8 Å². The van der Waals surface area contributed by atoms with E-state index >= 15 is 0 Å². The average Bonchev–Trinajstić information content (AvgIpc) is 1.95. The van der Waals surface area contributed by atoms with Crippen LogP contribution in [-0.4, -0.2) is 15.7 Å². The Morgan fingerprint density at radius 2 is 2.10 bits per heavy atom. The van der Waals surface area contributed by atoms with E-state index in [-0.39, 0.29) is 0 Å². The standard InChI is InChI=1S/C7H9B2Cl/c8-4-5-1-2-6(9)7(10)3-5/h1-3H,4,8-9H2. The summed E-state index contributed by atoms with van der Waals surface area (Å²) in [5, 5.41) is 0.874. The molecular weight excluding hydrogens is 141 g/mol. The van der Waals surface area contributed by atoms with Crippen molar-refractivity contribution in [2.24, 2.45) is 0 Å². The summed E-state index contributed by atoms with van der Waals surface area (Å²) in [6.45, 7) is 0. The maximum Gasteiger partial charge on any atom is 0.141 e. The Morgan fingerprint density at radius 1 is 1.40 bits per heavy atom. The highest BCUT2D eigenvalue weighted by atomic mass is 35.5. The van der Waals surface area contributed by atoms with E-state index in [9.17, 15) is 0 Å². The first kappa shape index (κ1) is 7.74. The molecule has 1 rings (SSSR count). The predicted molar refractivity (Wildman–Crippen MR) is 51.9 cm³/mol. The molecule has 0 saturated heterocycles. The van der Waals surface area contributed by atoms with Gasteiger partial charge in [0.05, 0.1) is 0 Å². The highest BCUT2D eigenvalue weighted by Crippen LogP contribution is 2.06. The second-order valence-electron chi connectivity index (χ2n) is 2.44. The molecule has 0 aliphatic heterocycles. The van der Waals surface area contributed by atoms with Crippen LogP contribution in [0.2, 0.25) is 5.02 Å². The Hall–Kier alpha value is -0.360. The minimum absolute atomic E-state index is 0.874. The lowest BCUT2D eigenvalue weighted by Crippen LogP contribution is -2.03. The zero-order valence-electron chi connectivity index (χ0n) is 6.32. The van der Waals surface area contributed by atoms with Crippen LogP contribution in [0.4, 0.5) is 0 Å². The lowest BCUT2D eigenvalue weighted by atomic mass is 9.91. The van der Waals surface area contributed by atoms with E-state index in [0.717, 1.165) is 16.8 Å². The summed E-state index contributed by atoms with van der Waals surface area (Å²) < 4.78 is 0. The zero-order valence-corrected chi connectivity index (χ0v) is 7.07. The molecule has 0 spiro atoms. The molecule has 0 heterocycles. The van der Waals surface area contributed by atoms with E-state index in [1.165, 1.54) is 5.56 Å². The molecule has 0 unspecified atom stereocenters. The third-order valence-corrected chi connectivity index (χ3v) is 2.05. The fourth-order valence-electron chi connectivity index (χ4n) is 0.856. The van der Waals surface area contributed by atoms with E-state index in [4.69, 9.17) is 11.6 Å². The monoisotopic (exact) mass is 150 g/mol. The molecule has 0 N–H and O–H groups in total. The molecule has 10 heavy (non-hydrogen) atoms. The Morgan fingerprint density at radius 3 is 2.60 bits per heavy atom. The predicted octanol–water partition coefficient (Wildman–Crippen LogP) is -0.268. The molecule has 1 aromatic rings. The second kappa shape index (κ2) is 3.16. The van der Waals surface area contributed by atoms with Crippen molar-refractivity contribution in [2.45, 2.75) is 6.32 Å². The van der Waals surface area contributed by atoms with Crippen LogP contribution in [0.5, 0.6) is 0 Å². The summed E-state index contributed by atoms with van der Waals surface area (Å²) in [7, 11) is 4.14. The lowest BCUT2D eigenvalue weighted by molar-refractivity contribution is 1.41. The van der Waals surface area contributed by atoms with Crippen molar-refractivity contribution < 1.29 is 0 Å². The van der Waals surface area contributed by atoms with Crippen molar-refractivity contribution in [1.29, 1.82) is 0 Å². The van der Waals surface area contributed by atoms with E-state index in [1.54, 1.807) is 0 Å². The normalized spacial score (nSPS) is 9.70. The van der Waals surface area contributed by atoms with Crippen molar-refractivity contribution in [1.82, 2.24) is 0 Å². The summed E-state index contributed by atoms with van der Waals surface area (Å²) in [5.74, 6) is 0. The first-order valence-corrected chi connectivity index (χ1v) is 3.87. The van der Waals surface area contributed by atoms with Crippen LogP contribution in [0.25, 0.3) is 0 Å². The minimum atomic E-state index is 0.874. The smallest absolute Gasteiger partial charge is 0.0850 e. The third kappa shape index (κ3) is 1.57. The van der Waals surface area contributed by atoms with Gasteiger partial charge in [-0.15, -0.1) is 0 Å². The molecule has 3 heteroatoms. The van der Waals surface area contributed by atoms with Gasteiger partial charge in [0.1, 0.15) is 15.7 Å². The van der Waals surface area contributed by atoms with Crippen LogP contribution < -0.4 is 5.46 Å². The summed E-state index contributed by atoms with van der Waals surface area (Å²) in [6, 6.07) is 6.19. The van der Waals surface area contributed by atoms with Crippen LogP contribution >= 0.6 is 11.6 Å². The minimum Gasteiger partial charge on any atom is -0.0850 e. The number of halogens is 1. The summed E-state index contributed by atoms with van der Waals surface area (Å²) in [5.41, 5.74) is 2.45. The van der Waals surface area contributed by atoms with Gasteiger partial charge < -0.3 is 0 Å². The van der Waals surface area contributed by atoms with Gasteiger partial charge in [-0.2, -0.15) is 0 Å². The van der Waals surface area contributed by atoms with Crippen LogP contribution in [0.1, 0.15) is 5.56 Å². The SMILES string of the molecule is BCc1ccc(B)c(Cl)c1. The van der Waals surface area contributed by atoms with Gasteiger partial charge in [-0.25, -0.2) is 0 Å². The number of hydrogen-bond acceptors (Lipinski definition) is 0. The first-order chi connectivity index (χ1) is 4.74. The average molecular weight is 150 g/mol. The van der Waals surface area contributed by atoms with E-state index in [0.29, 0.717) is 0 Å². The molecular formula is C7H9B2Cl. The fraction of sp³-hybridized carbons (Fsp3) is 0.143. The molecule has 0 aliphatic carbocycles. The van der Waals surface area contributed by atoms with Crippen molar-refractivity contribution in [2.75, 3.05) is 0 Å². The highest BCUT2D eigenvalue weighted by molar-refractivity contribution is 6.45. The second-order valence-corrected chi connectivity index (χ2v) is 2.84. The van der Waals surface area contributed by atoms with Crippen molar-refractivity contribution in [3.8, 4) is 0 Å². The Kier molecular flexibility index (Phi) is 2.44. The Bertz CT molecular complexity index is 235. The third-order valence-electron chi connectivity index (χ3n) is 1.64. The lowest BCUT2D eigenvalue weighted by Gasteiger charge is -1.99. The molecule has 0 aliphatic rings. The molecule has 1 aromatic carbocycles. The van der Waals surface area contributed by atoms with Gasteiger partial charge in [0.2, 0.25) is 0 Å². The van der Waals surface area contributed by atoms with Gasteiger partial charge in [-0.1, -0.05) is 41.1 Å². The summed E-state index contributed by atoms with van der Waals surface area (Å²) >= 11 is 5.89. The van der Waals surface area contributed by atoms with E-state index in [2.05, 4.69) is 20.0 Å². The maximum atomic E-state index is 5.89. The fourth-order valence-corrected chi connectivity index (χ4v) is 1.06. The van der Waals surface area contributed by atoms with Crippen LogP contribution in [-0.2, 0) is 6.32 Å². The summed E-state index contributed by atoms with van der Waals surface area (Å²) in [4.78, 5) is 0. The van der Waals surface area contributed by atoms with E-state index in [1.807, 2.05) is 13.9 Å². The van der Waals surface area contributed by atoms with E-state index < -0.39 is 0 Å². The quantitative estimate of drug-likeness (QED) is 0.484. The van der Waals surface area contributed by atoms with Crippen molar-refractivity contribution in [3.05, 3.63) is 28.8 Å². The first-order valence-electron chi connectivity index (χ1n) is 3.49. The molecule has 50 valence electrons. The van der Waals surface area contributed by atoms with Gasteiger partial charge in [-0.05, 0) is 6.07 Å². The largest absolute Gasteiger partial charge is 0.141 e. The number of benzene rings is 1. The molecule has 0 radical (unpaired) electrons. The van der Waals surface area contributed by atoms with Gasteiger partial charge in [0, 0.05) is 5.02 Å². The van der Waals surface area contributed by atoms with Gasteiger partial charge >= 0.3 is 0 Å². The molecule has 0 aromatic heterocycles. The van der Waals surface area contributed by atoms with Gasteiger partial charge in [-0.3, -0.25) is 0 Å². The maximum absolute atomic E-state index is 5.89. The zero-order chi connectivity index (χ0) is 7.56. The van der Waals surface area contributed by atoms with Crippen LogP contribution in [0, 0.1) is 0 Å². The molecule has 0 bridgehead atoms. The van der Waals surface area contributed by atoms with Crippen LogP contribution in [0.3, 0.4) is 0 Å². The number of hydrogen-bond donors (Lipinski definition) is 0. The number of rotatable bonds is 1. The van der Waals surface area contributed by atoms with Gasteiger partial charge in [0.25, 0.3) is 0 Å². The molecule has 0 saturated carbocycles. The molecule has 0 nitrogen and oxygen atoms in total.